The molecule has 17 heavy (non-hydrogen) atoms. The van der Waals surface area contributed by atoms with Crippen molar-refractivity contribution in [3.63, 3.8) is 0 Å². The van der Waals surface area contributed by atoms with Gasteiger partial charge in [0, 0.05) is 5.92 Å². The van der Waals surface area contributed by atoms with Gasteiger partial charge in [0.15, 0.2) is 5.82 Å². The molecular formula is C10H15N5OS. The third-order valence-corrected chi connectivity index (χ3v) is 4.30. The summed E-state index contributed by atoms with van der Waals surface area (Å²) in [7, 11) is 0. The van der Waals surface area contributed by atoms with Crippen LogP contribution in [0.25, 0.3) is 4.96 Å². The van der Waals surface area contributed by atoms with E-state index in [0.29, 0.717) is 5.92 Å². The Morgan fingerprint density at radius 1 is 1.41 bits per heavy atom. The maximum absolute atomic E-state index is 9.03. The van der Waals surface area contributed by atoms with Crippen LogP contribution in [0.3, 0.4) is 0 Å². The highest BCUT2D eigenvalue weighted by molar-refractivity contribution is 7.16. The highest BCUT2D eigenvalue weighted by atomic mass is 32.1. The number of fused-ring (bicyclic) bond motifs is 1. The Morgan fingerprint density at radius 3 is 2.88 bits per heavy atom. The molecule has 1 aliphatic carbocycles. The van der Waals surface area contributed by atoms with Crippen molar-refractivity contribution in [2.24, 2.45) is 5.73 Å². The Labute approximate surface area is 102 Å². The minimum absolute atomic E-state index is 0.0944. The molecule has 1 atom stereocenters. The van der Waals surface area contributed by atoms with Gasteiger partial charge in [-0.2, -0.15) is 9.61 Å². The number of hydrogen-bond acceptors (Lipinski definition) is 6. The summed E-state index contributed by atoms with van der Waals surface area (Å²) in [4.78, 5) is 0.769. The molecule has 2 aromatic rings. The zero-order chi connectivity index (χ0) is 11.8. The highest BCUT2D eigenvalue weighted by Gasteiger charge is 2.24. The molecule has 3 rings (SSSR count). The maximum atomic E-state index is 9.03. The van der Waals surface area contributed by atoms with Gasteiger partial charge in [-0.15, -0.1) is 10.2 Å². The Bertz CT molecular complexity index is 516. The first-order valence-electron chi connectivity index (χ1n) is 5.88. The van der Waals surface area contributed by atoms with Gasteiger partial charge in [-0.1, -0.05) is 24.2 Å². The van der Waals surface area contributed by atoms with Crippen LogP contribution in [0.2, 0.25) is 0 Å². The fourth-order valence-corrected chi connectivity index (χ4v) is 3.15. The minimum Gasteiger partial charge on any atom is -0.394 e. The van der Waals surface area contributed by atoms with Crippen molar-refractivity contribution in [2.75, 3.05) is 6.61 Å². The van der Waals surface area contributed by atoms with Gasteiger partial charge in [-0.25, -0.2) is 0 Å². The summed E-state index contributed by atoms with van der Waals surface area (Å²) in [6.07, 6.45) is 4.85. The van der Waals surface area contributed by atoms with E-state index < -0.39 is 6.04 Å². The lowest BCUT2D eigenvalue weighted by Crippen LogP contribution is -2.14. The lowest BCUT2D eigenvalue weighted by Gasteiger charge is -2.04. The van der Waals surface area contributed by atoms with Crippen LogP contribution in [-0.4, -0.2) is 31.5 Å². The summed E-state index contributed by atoms with van der Waals surface area (Å²) in [6, 6.07) is -0.418. The lowest BCUT2D eigenvalue weighted by molar-refractivity contribution is 0.267. The summed E-state index contributed by atoms with van der Waals surface area (Å²) < 4.78 is 1.80. The van der Waals surface area contributed by atoms with Crippen LogP contribution in [-0.2, 0) is 0 Å². The van der Waals surface area contributed by atoms with Crippen LogP contribution in [0.15, 0.2) is 0 Å². The van der Waals surface area contributed by atoms with E-state index >= 15 is 0 Å². The van der Waals surface area contributed by atoms with E-state index in [1.807, 2.05) is 0 Å². The van der Waals surface area contributed by atoms with Gasteiger partial charge in [-0.3, -0.25) is 0 Å². The van der Waals surface area contributed by atoms with Crippen molar-refractivity contribution in [3.05, 3.63) is 10.8 Å². The summed E-state index contributed by atoms with van der Waals surface area (Å²) in [5, 5.41) is 22.5. The number of hydrogen-bond donors (Lipinski definition) is 2. The third kappa shape index (κ3) is 1.84. The van der Waals surface area contributed by atoms with E-state index in [-0.39, 0.29) is 6.61 Å². The van der Waals surface area contributed by atoms with Crippen molar-refractivity contribution < 1.29 is 5.11 Å². The second kappa shape index (κ2) is 4.32. The molecule has 0 aliphatic heterocycles. The largest absolute Gasteiger partial charge is 0.394 e. The van der Waals surface area contributed by atoms with Gasteiger partial charge < -0.3 is 10.8 Å². The molecule has 0 spiro atoms. The van der Waals surface area contributed by atoms with Crippen molar-refractivity contribution >= 4 is 16.3 Å². The molecular weight excluding hydrogens is 238 g/mol. The molecule has 0 radical (unpaired) electrons. The van der Waals surface area contributed by atoms with Gasteiger partial charge >= 0.3 is 0 Å². The van der Waals surface area contributed by atoms with Gasteiger partial charge in [0.1, 0.15) is 5.01 Å². The normalized spacial score (nSPS) is 19.2. The first-order chi connectivity index (χ1) is 8.29. The molecule has 0 aromatic carbocycles. The van der Waals surface area contributed by atoms with Gasteiger partial charge in [0.2, 0.25) is 4.96 Å². The van der Waals surface area contributed by atoms with E-state index in [1.165, 1.54) is 37.0 Å². The van der Waals surface area contributed by atoms with E-state index in [9.17, 15) is 0 Å². The predicted octanol–water partition coefficient (Wildman–Crippen LogP) is 0.835. The van der Waals surface area contributed by atoms with Crippen molar-refractivity contribution in [1.29, 1.82) is 0 Å². The van der Waals surface area contributed by atoms with Crippen LogP contribution >= 0.6 is 11.3 Å². The second-order valence-electron chi connectivity index (χ2n) is 4.46. The molecule has 1 fully saturated rings. The van der Waals surface area contributed by atoms with Gasteiger partial charge in [0.25, 0.3) is 0 Å². The Kier molecular flexibility index (Phi) is 2.81. The Morgan fingerprint density at radius 2 is 2.18 bits per heavy atom. The van der Waals surface area contributed by atoms with Crippen molar-refractivity contribution in [2.45, 2.75) is 37.6 Å². The molecule has 7 heteroatoms. The average Bonchev–Trinajstić information content (AvgIpc) is 3.02. The summed E-state index contributed by atoms with van der Waals surface area (Å²) in [5.74, 6) is 1.43. The molecule has 2 heterocycles. The average molecular weight is 253 g/mol. The smallest absolute Gasteiger partial charge is 0.234 e. The summed E-state index contributed by atoms with van der Waals surface area (Å²) >= 11 is 1.40. The topological polar surface area (TPSA) is 89.3 Å². The van der Waals surface area contributed by atoms with Gasteiger partial charge in [0.05, 0.1) is 12.6 Å². The molecule has 0 amide bonds. The van der Waals surface area contributed by atoms with Crippen LogP contribution in [0.1, 0.15) is 48.5 Å². The quantitative estimate of drug-likeness (QED) is 0.846. The second-order valence-corrected chi connectivity index (χ2v) is 5.45. The van der Waals surface area contributed by atoms with Gasteiger partial charge in [-0.05, 0) is 12.8 Å². The third-order valence-electron chi connectivity index (χ3n) is 3.26. The monoisotopic (exact) mass is 253 g/mol. The predicted molar refractivity (Wildman–Crippen MR) is 63.9 cm³/mol. The fourth-order valence-electron chi connectivity index (χ4n) is 2.31. The number of aliphatic hydroxyl groups is 1. The van der Waals surface area contributed by atoms with E-state index in [1.54, 1.807) is 4.52 Å². The lowest BCUT2D eigenvalue weighted by atomic mass is 10.1. The SMILES string of the molecule is NC(CO)c1nn2c(C3CCCC3)nnc2s1. The molecule has 1 aliphatic rings. The van der Waals surface area contributed by atoms with E-state index in [0.717, 1.165) is 15.8 Å². The first-order valence-corrected chi connectivity index (χ1v) is 6.69. The molecule has 92 valence electrons. The molecule has 2 aromatic heterocycles. The molecule has 6 nitrogen and oxygen atoms in total. The fraction of sp³-hybridized carbons (Fsp3) is 0.700. The maximum Gasteiger partial charge on any atom is 0.234 e. The molecule has 3 N–H and O–H groups in total. The Hall–Kier alpha value is -1.05. The zero-order valence-corrected chi connectivity index (χ0v) is 10.2. The molecule has 0 bridgehead atoms. The highest BCUT2D eigenvalue weighted by Crippen LogP contribution is 2.33. The molecule has 1 saturated carbocycles. The molecule has 0 saturated heterocycles. The van der Waals surface area contributed by atoms with E-state index in [2.05, 4.69) is 15.3 Å². The zero-order valence-electron chi connectivity index (χ0n) is 9.41. The standard InChI is InChI=1S/C10H15N5OS/c11-7(5-16)9-14-15-8(6-3-1-2-4-6)12-13-10(15)17-9/h6-7,16H,1-5,11H2. The molecule has 1 unspecified atom stereocenters. The summed E-state index contributed by atoms with van der Waals surface area (Å²) in [6.45, 7) is -0.0944. The van der Waals surface area contributed by atoms with Crippen LogP contribution in [0.4, 0.5) is 0 Å². The van der Waals surface area contributed by atoms with Crippen molar-refractivity contribution in [3.8, 4) is 0 Å². The van der Waals surface area contributed by atoms with Crippen molar-refractivity contribution in [1.82, 2.24) is 19.8 Å². The Balaban J connectivity index is 1.99. The first kappa shape index (κ1) is 11.1. The van der Waals surface area contributed by atoms with E-state index in [4.69, 9.17) is 10.8 Å². The summed E-state index contributed by atoms with van der Waals surface area (Å²) in [5.41, 5.74) is 5.76. The van der Waals surface area contributed by atoms with Crippen LogP contribution in [0, 0.1) is 0 Å². The number of aliphatic hydroxyl groups excluding tert-OH is 1. The minimum atomic E-state index is -0.418. The van der Waals surface area contributed by atoms with Crippen LogP contribution in [0.5, 0.6) is 0 Å². The number of rotatable bonds is 3. The van der Waals surface area contributed by atoms with Crippen LogP contribution < -0.4 is 5.73 Å². The number of nitrogens with two attached hydrogens (primary N) is 1. The number of nitrogens with zero attached hydrogens (tertiary/aromatic N) is 4. The number of aromatic nitrogens is 4.